The van der Waals surface area contributed by atoms with Gasteiger partial charge < -0.3 is 4.90 Å². The van der Waals surface area contributed by atoms with E-state index in [9.17, 15) is 0 Å². The van der Waals surface area contributed by atoms with Crippen molar-refractivity contribution in [1.29, 1.82) is 0 Å². The minimum Gasteiger partial charge on any atom is -0.310 e. The molecule has 296 valence electrons. The van der Waals surface area contributed by atoms with Gasteiger partial charge in [0.2, 0.25) is 0 Å². The maximum Gasteiger partial charge on any atom is 0.0726 e. The molecule has 0 aromatic heterocycles. The van der Waals surface area contributed by atoms with E-state index in [4.69, 9.17) is 0 Å². The Morgan fingerprint density at radius 2 is 0.734 bits per heavy atom. The lowest BCUT2D eigenvalue weighted by Crippen LogP contribution is -2.26. The summed E-state index contributed by atoms with van der Waals surface area (Å²) in [6.45, 7) is 0. The molecule has 2 aliphatic rings. The fraction of sp³-hybridized carbons (Fsp3) is 0.0159. The molecule has 0 saturated carbocycles. The minimum absolute atomic E-state index is 0.491. The predicted molar refractivity (Wildman–Crippen MR) is 270 cm³/mol. The van der Waals surface area contributed by atoms with Crippen LogP contribution in [0.2, 0.25) is 0 Å². The summed E-state index contributed by atoms with van der Waals surface area (Å²) in [6, 6.07) is 88.7. The third kappa shape index (κ3) is 4.79. The number of nitrogens with zero attached hydrogens (tertiary/aromatic N) is 1. The molecule has 0 amide bonds. The van der Waals surface area contributed by atoms with E-state index in [0.717, 1.165) is 17.1 Å². The number of hydrogen-bond donors (Lipinski definition) is 0. The van der Waals surface area contributed by atoms with Crippen molar-refractivity contribution in [2.75, 3.05) is 4.90 Å². The second-order valence-electron chi connectivity index (χ2n) is 17.5. The summed E-state index contributed by atoms with van der Waals surface area (Å²) in [7, 11) is 0. The molecule has 0 N–H and O–H groups in total. The molecular weight excluding hydrogens is 771 g/mol. The number of para-hydroxylation sites is 1. The van der Waals surface area contributed by atoms with E-state index in [0.29, 0.717) is 0 Å². The molecular formula is C63H39N. The highest BCUT2D eigenvalue weighted by molar-refractivity contribution is 6.26. The Kier molecular flexibility index (Phi) is 7.38. The van der Waals surface area contributed by atoms with Crippen molar-refractivity contribution in [3.8, 4) is 33.4 Å². The second-order valence-corrected chi connectivity index (χ2v) is 17.5. The highest BCUT2D eigenvalue weighted by atomic mass is 15.1. The third-order valence-corrected chi connectivity index (χ3v) is 14.4. The fourth-order valence-corrected chi connectivity index (χ4v) is 11.8. The Labute approximate surface area is 371 Å². The predicted octanol–water partition coefficient (Wildman–Crippen LogP) is 16.9. The smallest absolute Gasteiger partial charge is 0.0726 e. The van der Waals surface area contributed by atoms with E-state index in [1.807, 2.05) is 0 Å². The summed E-state index contributed by atoms with van der Waals surface area (Å²) in [4.78, 5) is 2.52. The van der Waals surface area contributed by atoms with E-state index in [1.54, 1.807) is 0 Å². The van der Waals surface area contributed by atoms with Crippen LogP contribution in [0.15, 0.2) is 237 Å². The van der Waals surface area contributed by atoms with Crippen molar-refractivity contribution >= 4 is 70.9 Å². The molecule has 12 aromatic rings. The van der Waals surface area contributed by atoms with Gasteiger partial charge in [0.1, 0.15) is 0 Å². The standard InChI is InChI=1S/C63H39N/c1-2-17-43(18-3-1)64(44-33-35-51-49-22-7-6-20-47(49)48-21-8-9-23-50(48)56(51)37-44)62-39-61-57(38-55(62)42-32-34-46-41(36-42)31-30-40-16-4-5-19-45(40)46)54-26-12-15-29-60(54)63(61)58-27-13-10-24-52(58)53-25-11-14-28-59(53)63/h1-39H. The van der Waals surface area contributed by atoms with Gasteiger partial charge in [-0.15, -0.1) is 0 Å². The maximum absolute atomic E-state index is 2.56. The third-order valence-electron chi connectivity index (χ3n) is 14.4. The molecule has 1 nitrogen and oxygen atoms in total. The summed E-state index contributed by atoms with van der Waals surface area (Å²) >= 11 is 0. The highest BCUT2D eigenvalue weighted by Gasteiger charge is 2.52. The van der Waals surface area contributed by atoms with Gasteiger partial charge in [0.05, 0.1) is 11.1 Å². The number of fused-ring (bicyclic) bond motifs is 19. The van der Waals surface area contributed by atoms with Gasteiger partial charge >= 0.3 is 0 Å². The van der Waals surface area contributed by atoms with Gasteiger partial charge in [-0.05, 0) is 146 Å². The van der Waals surface area contributed by atoms with Crippen molar-refractivity contribution in [2.24, 2.45) is 0 Å². The summed E-state index contributed by atoms with van der Waals surface area (Å²) < 4.78 is 0. The quantitative estimate of drug-likeness (QED) is 0.160. The molecule has 1 heteroatoms. The van der Waals surface area contributed by atoms with Crippen molar-refractivity contribution < 1.29 is 0 Å². The molecule has 0 saturated heterocycles. The van der Waals surface area contributed by atoms with Crippen molar-refractivity contribution in [3.63, 3.8) is 0 Å². The molecule has 0 atom stereocenters. The molecule has 0 fully saturated rings. The van der Waals surface area contributed by atoms with E-state index in [1.165, 1.54) is 109 Å². The maximum atomic E-state index is 2.56. The van der Waals surface area contributed by atoms with Crippen LogP contribution in [0.4, 0.5) is 17.1 Å². The minimum atomic E-state index is -0.491. The summed E-state index contributed by atoms with van der Waals surface area (Å²) in [5.74, 6) is 0. The summed E-state index contributed by atoms with van der Waals surface area (Å²) in [5, 5.41) is 12.6. The van der Waals surface area contributed by atoms with E-state index < -0.39 is 5.41 Å². The molecule has 64 heavy (non-hydrogen) atoms. The Morgan fingerprint density at radius 1 is 0.250 bits per heavy atom. The number of anilines is 3. The van der Waals surface area contributed by atoms with Crippen LogP contribution in [0, 0.1) is 0 Å². The van der Waals surface area contributed by atoms with Gasteiger partial charge in [0.25, 0.3) is 0 Å². The molecule has 1 spiro atoms. The van der Waals surface area contributed by atoms with Gasteiger partial charge in [-0.2, -0.15) is 0 Å². The van der Waals surface area contributed by atoms with Gasteiger partial charge in [0.15, 0.2) is 0 Å². The lowest BCUT2D eigenvalue weighted by atomic mass is 9.70. The van der Waals surface area contributed by atoms with E-state index >= 15 is 0 Å². The topological polar surface area (TPSA) is 3.24 Å². The Bertz CT molecular complexity index is 3830. The monoisotopic (exact) mass is 809 g/mol. The first-order valence-corrected chi connectivity index (χ1v) is 22.3. The Balaban J connectivity index is 1.11. The van der Waals surface area contributed by atoms with E-state index in [2.05, 4.69) is 241 Å². The van der Waals surface area contributed by atoms with Gasteiger partial charge in [0, 0.05) is 16.9 Å². The number of benzene rings is 12. The molecule has 0 bridgehead atoms. The van der Waals surface area contributed by atoms with Crippen LogP contribution >= 0.6 is 0 Å². The molecule has 2 aliphatic carbocycles. The molecule has 0 heterocycles. The van der Waals surface area contributed by atoms with Crippen LogP contribution in [0.5, 0.6) is 0 Å². The van der Waals surface area contributed by atoms with Crippen molar-refractivity contribution in [1.82, 2.24) is 0 Å². The average molecular weight is 810 g/mol. The van der Waals surface area contributed by atoms with Crippen LogP contribution in [0.1, 0.15) is 22.3 Å². The Hall–Kier alpha value is -8.26. The van der Waals surface area contributed by atoms with Crippen molar-refractivity contribution in [3.05, 3.63) is 259 Å². The van der Waals surface area contributed by atoms with Crippen LogP contribution in [0.3, 0.4) is 0 Å². The number of hydrogen-bond acceptors (Lipinski definition) is 1. The number of rotatable bonds is 4. The summed E-state index contributed by atoms with van der Waals surface area (Å²) in [5.41, 5.74) is 15.8. The van der Waals surface area contributed by atoms with Crippen LogP contribution in [-0.4, -0.2) is 0 Å². The first-order valence-electron chi connectivity index (χ1n) is 22.3. The highest BCUT2D eigenvalue weighted by Crippen LogP contribution is 2.64. The lowest BCUT2D eigenvalue weighted by Gasteiger charge is -2.33. The zero-order chi connectivity index (χ0) is 41.9. The lowest BCUT2D eigenvalue weighted by molar-refractivity contribution is 0.794. The second kappa shape index (κ2) is 13.4. The van der Waals surface area contributed by atoms with Gasteiger partial charge in [-0.1, -0.05) is 194 Å². The molecule has 14 rings (SSSR count). The molecule has 0 unspecified atom stereocenters. The summed E-state index contributed by atoms with van der Waals surface area (Å²) in [6.07, 6.45) is 0. The Morgan fingerprint density at radius 3 is 1.39 bits per heavy atom. The molecule has 0 radical (unpaired) electrons. The fourth-order valence-electron chi connectivity index (χ4n) is 11.8. The zero-order valence-corrected chi connectivity index (χ0v) is 35.0. The van der Waals surface area contributed by atoms with Crippen LogP contribution in [-0.2, 0) is 5.41 Å². The SMILES string of the molecule is c1ccc(N(c2ccc3c4ccccc4c4ccccc4c3c2)c2cc3c(cc2-c2ccc4c(ccc5ccccc54)c2)-c2ccccc2C32c3ccccc3-c3ccccc32)cc1. The zero-order valence-electron chi connectivity index (χ0n) is 35.0. The van der Waals surface area contributed by atoms with E-state index in [-0.39, 0.29) is 0 Å². The van der Waals surface area contributed by atoms with Gasteiger partial charge in [-0.3, -0.25) is 0 Å². The van der Waals surface area contributed by atoms with Gasteiger partial charge in [-0.25, -0.2) is 0 Å². The molecule has 0 aliphatic heterocycles. The molecule has 12 aromatic carbocycles. The van der Waals surface area contributed by atoms with Crippen LogP contribution in [0.25, 0.3) is 87.2 Å². The van der Waals surface area contributed by atoms with Crippen molar-refractivity contribution in [2.45, 2.75) is 5.41 Å². The first kappa shape index (κ1) is 35.3. The average Bonchev–Trinajstić information content (AvgIpc) is 3.83. The largest absolute Gasteiger partial charge is 0.310 e. The normalized spacial score (nSPS) is 13.1. The first-order chi connectivity index (χ1) is 31.8. The van der Waals surface area contributed by atoms with Crippen LogP contribution < -0.4 is 4.90 Å².